The summed E-state index contributed by atoms with van der Waals surface area (Å²) < 4.78 is 0. The van der Waals surface area contributed by atoms with Crippen LogP contribution in [0.15, 0.2) is 48.0 Å². The van der Waals surface area contributed by atoms with Crippen LogP contribution in [-0.2, 0) is 0 Å². The summed E-state index contributed by atoms with van der Waals surface area (Å²) in [6.45, 7) is 7.51. The molecule has 0 spiro atoms. The second kappa shape index (κ2) is 5.70. The Balaban J connectivity index is 1.83. The van der Waals surface area contributed by atoms with Crippen LogP contribution in [0.2, 0.25) is 0 Å². The molecule has 19 heavy (non-hydrogen) atoms. The first-order valence-electron chi connectivity index (χ1n) is 7.31. The number of piperidine rings is 3. The van der Waals surface area contributed by atoms with E-state index in [2.05, 4.69) is 41.8 Å². The molecular formula is C17H22N2. The van der Waals surface area contributed by atoms with Crippen molar-refractivity contribution in [2.45, 2.75) is 25.3 Å². The lowest BCUT2D eigenvalue weighted by Gasteiger charge is -2.40. The molecule has 0 amide bonds. The molecule has 3 aliphatic rings. The van der Waals surface area contributed by atoms with Crippen LogP contribution in [0.3, 0.4) is 0 Å². The van der Waals surface area contributed by atoms with E-state index >= 15 is 0 Å². The lowest BCUT2D eigenvalue weighted by Crippen LogP contribution is -2.48. The molecule has 0 saturated carbocycles. The SMILES string of the molecule is C=CCC(N=C1CN2CCC1CC2)c1ccccc1. The van der Waals surface area contributed by atoms with E-state index in [1.807, 2.05) is 6.08 Å². The number of aliphatic imine (C=N–C) groups is 1. The lowest BCUT2D eigenvalue weighted by molar-refractivity contribution is 0.199. The summed E-state index contributed by atoms with van der Waals surface area (Å²) in [6.07, 6.45) is 5.52. The number of rotatable bonds is 4. The molecule has 0 aromatic heterocycles. The molecular weight excluding hydrogens is 232 g/mol. The Hall–Kier alpha value is -1.41. The van der Waals surface area contributed by atoms with Gasteiger partial charge in [-0.25, -0.2) is 0 Å². The maximum absolute atomic E-state index is 5.08. The van der Waals surface area contributed by atoms with Crippen molar-refractivity contribution in [2.24, 2.45) is 10.9 Å². The Morgan fingerprint density at radius 1 is 1.26 bits per heavy atom. The van der Waals surface area contributed by atoms with Crippen molar-refractivity contribution in [1.82, 2.24) is 4.90 Å². The van der Waals surface area contributed by atoms with Gasteiger partial charge in [-0.15, -0.1) is 6.58 Å². The molecule has 2 heteroatoms. The fourth-order valence-corrected chi connectivity index (χ4v) is 3.23. The summed E-state index contributed by atoms with van der Waals surface area (Å²) in [5.74, 6) is 0.737. The fourth-order valence-electron chi connectivity index (χ4n) is 3.23. The van der Waals surface area contributed by atoms with Crippen LogP contribution in [0.25, 0.3) is 0 Å². The zero-order chi connectivity index (χ0) is 13.1. The Bertz CT molecular complexity index is 455. The maximum atomic E-state index is 5.08. The van der Waals surface area contributed by atoms with E-state index < -0.39 is 0 Å². The van der Waals surface area contributed by atoms with E-state index in [1.165, 1.54) is 37.2 Å². The molecule has 1 atom stereocenters. The van der Waals surface area contributed by atoms with Gasteiger partial charge in [-0.2, -0.15) is 0 Å². The molecule has 3 aliphatic heterocycles. The molecule has 1 aromatic rings. The zero-order valence-corrected chi connectivity index (χ0v) is 11.5. The van der Waals surface area contributed by atoms with Crippen LogP contribution in [0.1, 0.15) is 30.9 Å². The van der Waals surface area contributed by atoms with Gasteiger partial charge in [0.05, 0.1) is 6.04 Å². The Morgan fingerprint density at radius 3 is 2.58 bits per heavy atom. The van der Waals surface area contributed by atoms with Crippen molar-refractivity contribution in [3.63, 3.8) is 0 Å². The van der Waals surface area contributed by atoms with Crippen molar-refractivity contribution in [3.8, 4) is 0 Å². The summed E-state index contributed by atoms with van der Waals surface area (Å²) in [5.41, 5.74) is 2.74. The number of fused-ring (bicyclic) bond motifs is 3. The molecule has 3 heterocycles. The van der Waals surface area contributed by atoms with Crippen molar-refractivity contribution < 1.29 is 0 Å². The van der Waals surface area contributed by atoms with Crippen molar-refractivity contribution in [2.75, 3.05) is 19.6 Å². The first-order valence-corrected chi connectivity index (χ1v) is 7.31. The van der Waals surface area contributed by atoms with Gasteiger partial charge in [0, 0.05) is 18.2 Å². The highest BCUT2D eigenvalue weighted by molar-refractivity contribution is 5.90. The summed E-state index contributed by atoms with van der Waals surface area (Å²) in [5, 5.41) is 0. The van der Waals surface area contributed by atoms with Crippen molar-refractivity contribution in [3.05, 3.63) is 48.6 Å². The summed E-state index contributed by atoms with van der Waals surface area (Å²) >= 11 is 0. The molecule has 2 nitrogen and oxygen atoms in total. The number of hydrogen-bond donors (Lipinski definition) is 0. The smallest absolute Gasteiger partial charge is 0.0783 e. The zero-order valence-electron chi connectivity index (χ0n) is 11.5. The van der Waals surface area contributed by atoms with Crippen molar-refractivity contribution in [1.29, 1.82) is 0 Å². The highest BCUT2D eigenvalue weighted by Gasteiger charge is 2.31. The van der Waals surface area contributed by atoms with E-state index in [0.717, 1.165) is 18.9 Å². The van der Waals surface area contributed by atoms with Crippen LogP contribution >= 0.6 is 0 Å². The highest BCUT2D eigenvalue weighted by Crippen LogP contribution is 2.29. The van der Waals surface area contributed by atoms with Gasteiger partial charge in [0.1, 0.15) is 0 Å². The van der Waals surface area contributed by atoms with E-state index in [9.17, 15) is 0 Å². The van der Waals surface area contributed by atoms with Crippen LogP contribution in [0.4, 0.5) is 0 Å². The van der Waals surface area contributed by atoms with E-state index in [4.69, 9.17) is 4.99 Å². The Labute approximate surface area is 115 Å². The molecule has 0 N–H and O–H groups in total. The molecule has 2 bridgehead atoms. The Morgan fingerprint density at radius 2 is 2.00 bits per heavy atom. The third-order valence-corrected chi connectivity index (χ3v) is 4.34. The summed E-state index contributed by atoms with van der Waals surface area (Å²) in [4.78, 5) is 7.62. The topological polar surface area (TPSA) is 15.6 Å². The average Bonchev–Trinajstić information content (AvgIpc) is 2.49. The third-order valence-electron chi connectivity index (χ3n) is 4.34. The Kier molecular flexibility index (Phi) is 3.79. The second-order valence-electron chi connectivity index (χ2n) is 5.62. The largest absolute Gasteiger partial charge is 0.298 e. The van der Waals surface area contributed by atoms with E-state index in [-0.39, 0.29) is 6.04 Å². The monoisotopic (exact) mass is 254 g/mol. The summed E-state index contributed by atoms with van der Waals surface area (Å²) in [7, 11) is 0. The molecule has 3 saturated heterocycles. The normalized spacial score (nSPS) is 29.4. The van der Waals surface area contributed by atoms with Crippen LogP contribution < -0.4 is 0 Å². The minimum absolute atomic E-state index is 0.259. The molecule has 0 radical (unpaired) electrons. The van der Waals surface area contributed by atoms with E-state index in [0.29, 0.717) is 0 Å². The standard InChI is InChI=1S/C17H22N2/c1-2-6-16(14-7-4-3-5-8-14)18-17-13-19-11-9-15(17)10-12-19/h2-5,7-8,15-16H,1,6,9-13H2. The number of nitrogens with zero attached hydrogens (tertiary/aromatic N) is 2. The van der Waals surface area contributed by atoms with E-state index in [1.54, 1.807) is 0 Å². The highest BCUT2D eigenvalue weighted by atomic mass is 15.2. The van der Waals surface area contributed by atoms with Gasteiger partial charge in [0.25, 0.3) is 0 Å². The van der Waals surface area contributed by atoms with Gasteiger partial charge >= 0.3 is 0 Å². The average molecular weight is 254 g/mol. The second-order valence-corrected chi connectivity index (χ2v) is 5.62. The minimum Gasteiger partial charge on any atom is -0.298 e. The van der Waals surface area contributed by atoms with Crippen LogP contribution in [-0.4, -0.2) is 30.2 Å². The molecule has 1 aromatic carbocycles. The van der Waals surface area contributed by atoms with Crippen LogP contribution in [0.5, 0.6) is 0 Å². The van der Waals surface area contributed by atoms with Gasteiger partial charge in [-0.3, -0.25) is 9.89 Å². The summed E-state index contributed by atoms with van der Waals surface area (Å²) in [6, 6.07) is 10.9. The molecule has 0 aliphatic carbocycles. The number of benzene rings is 1. The number of hydrogen-bond acceptors (Lipinski definition) is 2. The first-order chi connectivity index (χ1) is 9.36. The lowest BCUT2D eigenvalue weighted by atomic mass is 9.86. The van der Waals surface area contributed by atoms with Gasteiger partial charge in [-0.1, -0.05) is 36.4 Å². The molecule has 100 valence electrons. The maximum Gasteiger partial charge on any atom is 0.0783 e. The van der Waals surface area contributed by atoms with Gasteiger partial charge in [-0.05, 0) is 37.9 Å². The predicted molar refractivity (Wildman–Crippen MR) is 80.6 cm³/mol. The quantitative estimate of drug-likeness (QED) is 0.751. The molecule has 3 fully saturated rings. The fraction of sp³-hybridized carbons (Fsp3) is 0.471. The predicted octanol–water partition coefficient (Wildman–Crippen LogP) is 3.47. The van der Waals surface area contributed by atoms with Gasteiger partial charge in [0.2, 0.25) is 0 Å². The van der Waals surface area contributed by atoms with Crippen LogP contribution in [0, 0.1) is 5.92 Å². The first kappa shape index (κ1) is 12.6. The third kappa shape index (κ3) is 2.79. The van der Waals surface area contributed by atoms with Crippen molar-refractivity contribution >= 4 is 5.71 Å². The minimum atomic E-state index is 0.259. The van der Waals surface area contributed by atoms with Gasteiger partial charge in [0.15, 0.2) is 0 Å². The molecule has 1 unspecified atom stereocenters. The molecule has 4 rings (SSSR count). The van der Waals surface area contributed by atoms with Gasteiger partial charge < -0.3 is 0 Å².